The molecule has 10 heteroatoms. The number of nitrogens with one attached hydrogen (secondary N) is 4. The molecule has 2 aromatic rings. The minimum absolute atomic E-state index is 0.198. The van der Waals surface area contributed by atoms with Gasteiger partial charge in [0.2, 0.25) is 23.6 Å². The van der Waals surface area contributed by atoms with E-state index in [0.29, 0.717) is 0 Å². The molecule has 0 spiro atoms. The number of benzene rings is 2. The summed E-state index contributed by atoms with van der Waals surface area (Å²) in [4.78, 5) is 48.4. The Kier molecular flexibility index (Phi) is 7.01. The second-order valence-electron chi connectivity index (χ2n) is 7.47. The van der Waals surface area contributed by atoms with Gasteiger partial charge in [0.15, 0.2) is 0 Å². The molecule has 2 aliphatic heterocycles. The molecule has 0 bridgehead atoms. The fourth-order valence-electron chi connectivity index (χ4n) is 3.28. The number of hydrogen-bond acceptors (Lipinski definition) is 6. The highest BCUT2D eigenvalue weighted by atomic mass is 33.1. The number of carbonyl (C=O) groups excluding carboxylic acids is 4. The fourth-order valence-corrected chi connectivity index (χ4v) is 6.13. The van der Waals surface area contributed by atoms with Crippen LogP contribution in [-0.4, -0.2) is 46.5 Å². The van der Waals surface area contributed by atoms with Crippen LogP contribution in [0.25, 0.3) is 0 Å². The Morgan fingerprint density at radius 1 is 0.688 bits per heavy atom. The molecule has 0 saturated carbocycles. The second-order valence-corrected chi connectivity index (χ2v) is 10.0. The van der Waals surface area contributed by atoms with Crippen molar-refractivity contribution in [1.29, 1.82) is 0 Å². The SMILES string of the molecule is O=C(Cc1ccccc1)N[C@H]1C(=O)N[C@@H]1SS[C@H]1NC(=O)[C@@H]1NC(=O)Cc1ccccc1. The summed E-state index contributed by atoms with van der Waals surface area (Å²) in [6.45, 7) is 0. The quantitative estimate of drug-likeness (QED) is 0.317. The van der Waals surface area contributed by atoms with Gasteiger partial charge in [0.05, 0.1) is 12.8 Å². The lowest BCUT2D eigenvalue weighted by atomic mass is 10.1. The molecule has 2 aliphatic rings. The standard InChI is InChI=1S/C22H22N4O4S2/c27-15(11-13-7-3-1-4-8-13)23-17-19(29)25-21(17)31-32-22-18(20(30)26-22)24-16(28)12-14-9-5-2-6-10-14/h1-10,17-18,21-22H,11-12H2,(H,23,27)(H,24,28)(H,25,29)(H,26,30)/t17-,18-,21+,22+/m0/s1. The third kappa shape index (κ3) is 5.43. The molecule has 4 rings (SSSR count). The minimum Gasteiger partial charge on any atom is -0.341 e. The Labute approximate surface area is 193 Å². The van der Waals surface area contributed by atoms with E-state index in [1.807, 2.05) is 60.7 Å². The van der Waals surface area contributed by atoms with E-state index < -0.39 is 12.1 Å². The van der Waals surface area contributed by atoms with Crippen LogP contribution in [0.4, 0.5) is 0 Å². The Hall–Kier alpha value is -2.98. The summed E-state index contributed by atoms with van der Waals surface area (Å²) in [6, 6.07) is 17.3. The maximum Gasteiger partial charge on any atom is 0.246 e. The van der Waals surface area contributed by atoms with Crippen LogP contribution in [0.5, 0.6) is 0 Å². The average molecular weight is 471 g/mol. The molecule has 166 valence electrons. The van der Waals surface area contributed by atoms with Crippen molar-refractivity contribution in [3.05, 3.63) is 71.8 Å². The van der Waals surface area contributed by atoms with Crippen LogP contribution in [0, 0.1) is 0 Å². The number of hydrogen-bond donors (Lipinski definition) is 4. The molecule has 8 nitrogen and oxygen atoms in total. The van der Waals surface area contributed by atoms with Gasteiger partial charge in [0.1, 0.15) is 22.8 Å². The Bertz CT molecular complexity index is 924. The number of rotatable bonds is 9. The van der Waals surface area contributed by atoms with Crippen LogP contribution >= 0.6 is 21.6 Å². The molecule has 0 aromatic heterocycles. The Balaban J connectivity index is 1.22. The molecule has 0 aliphatic carbocycles. The lowest BCUT2D eigenvalue weighted by Gasteiger charge is -2.40. The van der Waals surface area contributed by atoms with Gasteiger partial charge < -0.3 is 21.3 Å². The Morgan fingerprint density at radius 2 is 1.06 bits per heavy atom. The van der Waals surface area contributed by atoms with Crippen molar-refractivity contribution >= 4 is 45.2 Å². The fraction of sp³-hybridized carbons (Fsp3) is 0.273. The van der Waals surface area contributed by atoms with Crippen molar-refractivity contribution in [2.45, 2.75) is 35.7 Å². The number of carbonyl (C=O) groups is 4. The zero-order valence-corrected chi connectivity index (χ0v) is 18.6. The van der Waals surface area contributed by atoms with Crippen molar-refractivity contribution < 1.29 is 19.2 Å². The van der Waals surface area contributed by atoms with Crippen LogP contribution in [0.2, 0.25) is 0 Å². The normalized spacial score (nSPS) is 23.8. The highest BCUT2D eigenvalue weighted by Crippen LogP contribution is 2.37. The van der Waals surface area contributed by atoms with Crippen LogP contribution in [0.3, 0.4) is 0 Å². The van der Waals surface area contributed by atoms with Gasteiger partial charge in [-0.1, -0.05) is 82.3 Å². The highest BCUT2D eigenvalue weighted by Gasteiger charge is 2.45. The molecule has 2 saturated heterocycles. The second kappa shape index (κ2) is 10.1. The topological polar surface area (TPSA) is 116 Å². The molecular formula is C22H22N4O4S2. The van der Waals surface area contributed by atoms with Crippen LogP contribution < -0.4 is 21.3 Å². The maximum atomic E-state index is 12.3. The molecule has 0 unspecified atom stereocenters. The summed E-state index contributed by atoms with van der Waals surface area (Å²) in [5, 5.41) is 10.4. The summed E-state index contributed by atoms with van der Waals surface area (Å²) in [5.74, 6) is -0.936. The summed E-state index contributed by atoms with van der Waals surface area (Å²) in [6.07, 6.45) is 0.396. The minimum atomic E-state index is -0.634. The van der Waals surface area contributed by atoms with Crippen molar-refractivity contribution in [2.24, 2.45) is 0 Å². The van der Waals surface area contributed by atoms with Gasteiger partial charge in [-0.25, -0.2) is 0 Å². The van der Waals surface area contributed by atoms with E-state index in [9.17, 15) is 19.2 Å². The molecule has 4 N–H and O–H groups in total. The molecule has 4 atom stereocenters. The molecule has 0 radical (unpaired) electrons. The van der Waals surface area contributed by atoms with Crippen molar-refractivity contribution in [3.8, 4) is 0 Å². The number of amides is 4. The highest BCUT2D eigenvalue weighted by molar-refractivity contribution is 8.77. The largest absolute Gasteiger partial charge is 0.341 e. The molecule has 4 amide bonds. The zero-order valence-electron chi connectivity index (χ0n) is 16.9. The number of β-lactam (4-membered cyclic amide) rings is 2. The molecule has 32 heavy (non-hydrogen) atoms. The predicted octanol–water partition coefficient (Wildman–Crippen LogP) is 0.735. The van der Waals surface area contributed by atoms with Crippen molar-refractivity contribution in [2.75, 3.05) is 0 Å². The first-order valence-corrected chi connectivity index (χ1v) is 12.4. The predicted molar refractivity (Wildman–Crippen MR) is 123 cm³/mol. The average Bonchev–Trinajstić information content (AvgIpc) is 2.79. The van der Waals surface area contributed by atoms with E-state index in [4.69, 9.17) is 0 Å². The zero-order chi connectivity index (χ0) is 22.5. The Morgan fingerprint density at radius 3 is 1.41 bits per heavy atom. The van der Waals surface area contributed by atoms with Gasteiger partial charge >= 0.3 is 0 Å². The van der Waals surface area contributed by atoms with Gasteiger partial charge in [-0.15, -0.1) is 0 Å². The smallest absolute Gasteiger partial charge is 0.246 e. The van der Waals surface area contributed by atoms with Gasteiger partial charge in [0.25, 0.3) is 0 Å². The molecule has 2 fully saturated rings. The first kappa shape index (κ1) is 22.2. The lowest BCUT2D eigenvalue weighted by molar-refractivity contribution is -0.134. The maximum absolute atomic E-state index is 12.3. The van der Waals surface area contributed by atoms with Gasteiger partial charge in [0, 0.05) is 0 Å². The third-order valence-electron chi connectivity index (χ3n) is 5.05. The first-order chi connectivity index (χ1) is 15.5. The summed E-state index contributed by atoms with van der Waals surface area (Å²) in [7, 11) is 2.70. The van der Waals surface area contributed by atoms with E-state index in [1.54, 1.807) is 0 Å². The summed E-state index contributed by atoms with van der Waals surface area (Å²) >= 11 is 0. The van der Waals surface area contributed by atoms with Gasteiger partial charge in [-0.3, -0.25) is 19.2 Å². The van der Waals surface area contributed by atoms with Gasteiger partial charge in [-0.2, -0.15) is 0 Å². The van der Waals surface area contributed by atoms with Gasteiger partial charge in [-0.05, 0) is 11.1 Å². The molecule has 2 aromatic carbocycles. The summed E-state index contributed by atoms with van der Waals surface area (Å²) < 4.78 is 0. The van der Waals surface area contributed by atoms with E-state index in [0.717, 1.165) is 11.1 Å². The monoisotopic (exact) mass is 470 g/mol. The molecule has 2 heterocycles. The van der Waals surface area contributed by atoms with Crippen LogP contribution in [0.1, 0.15) is 11.1 Å². The van der Waals surface area contributed by atoms with Crippen LogP contribution in [-0.2, 0) is 32.0 Å². The van der Waals surface area contributed by atoms with Crippen molar-refractivity contribution in [3.63, 3.8) is 0 Å². The van der Waals surface area contributed by atoms with E-state index in [1.165, 1.54) is 21.6 Å². The third-order valence-corrected chi connectivity index (χ3v) is 7.93. The molecular weight excluding hydrogens is 448 g/mol. The van der Waals surface area contributed by atoms with Crippen LogP contribution in [0.15, 0.2) is 60.7 Å². The lowest BCUT2D eigenvalue weighted by Crippen LogP contribution is -2.69. The van der Waals surface area contributed by atoms with E-state index in [2.05, 4.69) is 21.3 Å². The van der Waals surface area contributed by atoms with Crippen molar-refractivity contribution in [1.82, 2.24) is 21.3 Å². The van der Waals surface area contributed by atoms with E-state index in [-0.39, 0.29) is 47.2 Å². The summed E-state index contributed by atoms with van der Waals surface area (Å²) in [5.41, 5.74) is 1.74. The first-order valence-electron chi connectivity index (χ1n) is 10.1. The van der Waals surface area contributed by atoms with E-state index >= 15 is 0 Å².